The van der Waals surface area contributed by atoms with Crippen molar-refractivity contribution in [2.24, 2.45) is 5.92 Å². The molecular weight excluding hydrogens is 430 g/mol. The summed E-state index contributed by atoms with van der Waals surface area (Å²) in [6.07, 6.45) is 1.09. The van der Waals surface area contributed by atoms with Crippen LogP contribution >= 0.6 is 0 Å². The number of benzene rings is 1. The number of carbonyl (C=O) groups excluding carboxylic acids is 2. The van der Waals surface area contributed by atoms with Gasteiger partial charge in [0.2, 0.25) is 10.0 Å². The molecule has 0 spiro atoms. The number of piperidine rings is 1. The second-order valence-electron chi connectivity index (χ2n) is 9.18. The minimum absolute atomic E-state index is 0.145. The van der Waals surface area contributed by atoms with Crippen molar-refractivity contribution in [3.8, 4) is 0 Å². The van der Waals surface area contributed by atoms with Crippen molar-refractivity contribution >= 4 is 22.0 Å². The second-order valence-corrected chi connectivity index (χ2v) is 11.1. The number of nitrogens with one attached hydrogen (secondary N) is 1. The first-order chi connectivity index (χ1) is 14.9. The van der Waals surface area contributed by atoms with Crippen LogP contribution in [0.4, 0.5) is 4.79 Å². The quantitative estimate of drug-likeness (QED) is 0.663. The van der Waals surface area contributed by atoms with E-state index >= 15 is 0 Å². The molecule has 0 unspecified atom stereocenters. The van der Waals surface area contributed by atoms with Gasteiger partial charge in [-0.05, 0) is 64.2 Å². The van der Waals surface area contributed by atoms with E-state index in [1.807, 2.05) is 27.7 Å². The summed E-state index contributed by atoms with van der Waals surface area (Å²) in [6, 6.07) is 4.76. The zero-order valence-electron chi connectivity index (χ0n) is 20.1. The van der Waals surface area contributed by atoms with Crippen LogP contribution < -0.4 is 5.32 Å². The molecule has 1 fully saturated rings. The Kier molecular flexibility index (Phi) is 8.70. The van der Waals surface area contributed by atoms with Crippen LogP contribution in [0.3, 0.4) is 0 Å². The number of carbonyl (C=O) groups is 2. The summed E-state index contributed by atoms with van der Waals surface area (Å²) in [6.45, 7) is 13.3. The maximum Gasteiger partial charge on any atom is 0.407 e. The smallest absolute Gasteiger partial charge is 0.407 e. The highest BCUT2D eigenvalue weighted by molar-refractivity contribution is 7.89. The number of amides is 2. The van der Waals surface area contributed by atoms with Gasteiger partial charge in [0.1, 0.15) is 5.60 Å². The van der Waals surface area contributed by atoms with Crippen molar-refractivity contribution in [3.63, 3.8) is 0 Å². The van der Waals surface area contributed by atoms with Gasteiger partial charge >= 0.3 is 6.09 Å². The number of hydrogen-bond donors (Lipinski definition) is 1. The van der Waals surface area contributed by atoms with E-state index in [9.17, 15) is 18.0 Å². The third kappa shape index (κ3) is 6.68. The summed E-state index contributed by atoms with van der Waals surface area (Å²) in [4.78, 5) is 26.9. The highest BCUT2D eigenvalue weighted by atomic mass is 32.2. The molecule has 0 aliphatic carbocycles. The summed E-state index contributed by atoms with van der Waals surface area (Å²) in [5.74, 6) is 0.111. The van der Waals surface area contributed by atoms with E-state index in [1.165, 1.54) is 10.4 Å². The van der Waals surface area contributed by atoms with Crippen LogP contribution in [0.5, 0.6) is 0 Å². The number of hydrogen-bond acceptors (Lipinski definition) is 5. The average molecular weight is 468 g/mol. The number of rotatable bonds is 7. The predicted octanol–water partition coefficient (Wildman–Crippen LogP) is 3.40. The largest absolute Gasteiger partial charge is 0.444 e. The number of nitrogens with zero attached hydrogens (tertiary/aromatic N) is 2. The Hall–Kier alpha value is -2.13. The molecule has 1 aliphatic heterocycles. The van der Waals surface area contributed by atoms with Crippen molar-refractivity contribution in [1.29, 1.82) is 0 Å². The molecule has 2 amide bonds. The molecule has 0 radical (unpaired) electrons. The lowest BCUT2D eigenvalue weighted by molar-refractivity contribution is 0.0500. The SMILES string of the molecule is CCN(CC)S(=O)(=O)c1ccc(C)c(C(=O)N2CCC(CNC(=O)OC(C)(C)C)CC2)c1. The van der Waals surface area contributed by atoms with Crippen molar-refractivity contribution in [1.82, 2.24) is 14.5 Å². The zero-order chi connectivity index (χ0) is 24.1. The van der Waals surface area contributed by atoms with Gasteiger partial charge in [0, 0.05) is 38.3 Å². The summed E-state index contributed by atoms with van der Waals surface area (Å²) in [5.41, 5.74) is 0.635. The van der Waals surface area contributed by atoms with Crippen LogP contribution in [0.25, 0.3) is 0 Å². The molecule has 1 aliphatic rings. The molecule has 8 nitrogen and oxygen atoms in total. The fraction of sp³-hybridized carbons (Fsp3) is 0.652. The molecule has 0 saturated carbocycles. The average Bonchev–Trinajstić information content (AvgIpc) is 2.72. The van der Waals surface area contributed by atoms with Gasteiger partial charge in [-0.3, -0.25) is 4.79 Å². The van der Waals surface area contributed by atoms with Gasteiger partial charge in [-0.1, -0.05) is 19.9 Å². The van der Waals surface area contributed by atoms with Gasteiger partial charge < -0.3 is 15.0 Å². The lowest BCUT2D eigenvalue weighted by Gasteiger charge is -2.32. The standard InChI is InChI=1S/C23H37N3O5S/c1-7-26(8-2)32(29,30)19-10-9-17(3)20(15-19)21(27)25-13-11-18(12-14-25)16-24-22(28)31-23(4,5)6/h9-10,15,18H,7-8,11-14,16H2,1-6H3,(H,24,28). The lowest BCUT2D eigenvalue weighted by Crippen LogP contribution is -2.42. The van der Waals surface area contributed by atoms with Crippen molar-refractivity contribution in [3.05, 3.63) is 29.3 Å². The van der Waals surface area contributed by atoms with Crippen LogP contribution in [-0.2, 0) is 14.8 Å². The van der Waals surface area contributed by atoms with E-state index in [2.05, 4.69) is 5.32 Å². The van der Waals surface area contributed by atoms with Crippen LogP contribution in [0.2, 0.25) is 0 Å². The first-order valence-electron chi connectivity index (χ1n) is 11.3. The summed E-state index contributed by atoms with van der Waals surface area (Å²) >= 11 is 0. The Morgan fingerprint density at radius 2 is 1.75 bits per heavy atom. The molecule has 0 bridgehead atoms. The maximum atomic E-state index is 13.2. The van der Waals surface area contributed by atoms with Crippen molar-refractivity contribution in [2.75, 3.05) is 32.7 Å². The minimum atomic E-state index is -3.63. The molecule has 1 saturated heterocycles. The highest BCUT2D eigenvalue weighted by Crippen LogP contribution is 2.23. The molecule has 1 N–H and O–H groups in total. The Bertz CT molecular complexity index is 912. The van der Waals surface area contributed by atoms with Gasteiger partial charge in [0.25, 0.3) is 5.91 Å². The van der Waals surface area contributed by atoms with E-state index in [1.54, 1.807) is 30.9 Å². The summed E-state index contributed by atoms with van der Waals surface area (Å²) in [7, 11) is -3.63. The van der Waals surface area contributed by atoms with Crippen LogP contribution in [0.1, 0.15) is 63.4 Å². The van der Waals surface area contributed by atoms with E-state index in [-0.39, 0.29) is 16.7 Å². The Balaban J connectivity index is 2.02. The van der Waals surface area contributed by atoms with Gasteiger partial charge in [-0.15, -0.1) is 0 Å². The monoisotopic (exact) mass is 467 g/mol. The molecule has 32 heavy (non-hydrogen) atoms. The third-order valence-electron chi connectivity index (χ3n) is 5.62. The summed E-state index contributed by atoms with van der Waals surface area (Å²) in [5, 5.41) is 2.80. The zero-order valence-corrected chi connectivity index (χ0v) is 20.9. The predicted molar refractivity (Wildman–Crippen MR) is 124 cm³/mol. The number of sulfonamides is 1. The van der Waals surface area contributed by atoms with E-state index in [4.69, 9.17) is 4.74 Å². The fourth-order valence-corrected chi connectivity index (χ4v) is 5.24. The van der Waals surface area contributed by atoms with Crippen molar-refractivity contribution < 1.29 is 22.7 Å². The lowest BCUT2D eigenvalue weighted by atomic mass is 9.96. The van der Waals surface area contributed by atoms with Gasteiger partial charge in [-0.2, -0.15) is 4.31 Å². The third-order valence-corrected chi connectivity index (χ3v) is 7.66. The van der Waals surface area contributed by atoms with Crippen LogP contribution in [-0.4, -0.2) is 67.9 Å². The van der Waals surface area contributed by atoms with Gasteiger partial charge in [0.05, 0.1) is 4.90 Å². The molecule has 2 rings (SSSR count). The van der Waals surface area contributed by atoms with E-state index < -0.39 is 21.7 Å². The highest BCUT2D eigenvalue weighted by Gasteiger charge is 2.28. The topological polar surface area (TPSA) is 96.0 Å². The molecule has 0 aromatic heterocycles. The van der Waals surface area contributed by atoms with Crippen LogP contribution in [0, 0.1) is 12.8 Å². The summed E-state index contributed by atoms with van der Waals surface area (Å²) < 4.78 is 32.4. The number of alkyl carbamates (subject to hydrolysis) is 1. The molecule has 0 atom stereocenters. The first-order valence-corrected chi connectivity index (χ1v) is 12.7. The Morgan fingerprint density at radius 1 is 1.16 bits per heavy atom. The molecule has 180 valence electrons. The Labute approximate surface area is 192 Å². The molecule has 1 aromatic carbocycles. The molecule has 9 heteroatoms. The Morgan fingerprint density at radius 3 is 2.28 bits per heavy atom. The van der Waals surface area contributed by atoms with Gasteiger partial charge in [0.15, 0.2) is 0 Å². The molecule has 1 heterocycles. The normalized spacial score (nSPS) is 15.7. The number of likely N-dealkylation sites (tertiary alicyclic amines) is 1. The van der Waals surface area contributed by atoms with E-state index in [0.717, 1.165) is 18.4 Å². The van der Waals surface area contributed by atoms with E-state index in [0.29, 0.717) is 38.3 Å². The first kappa shape index (κ1) is 26.1. The molecular formula is C23H37N3O5S. The van der Waals surface area contributed by atoms with Crippen LogP contribution in [0.15, 0.2) is 23.1 Å². The molecule has 1 aromatic rings. The fourth-order valence-electron chi connectivity index (χ4n) is 3.76. The maximum absolute atomic E-state index is 13.2. The number of aryl methyl sites for hydroxylation is 1. The minimum Gasteiger partial charge on any atom is -0.444 e. The second kappa shape index (κ2) is 10.7. The van der Waals surface area contributed by atoms with Gasteiger partial charge in [-0.25, -0.2) is 13.2 Å². The number of ether oxygens (including phenoxy) is 1. The van der Waals surface area contributed by atoms with Crippen molar-refractivity contribution in [2.45, 2.75) is 64.9 Å².